The van der Waals surface area contributed by atoms with Gasteiger partial charge in [-0.3, -0.25) is 0 Å². The molecule has 148 valence electrons. The molecule has 0 saturated carbocycles. The van der Waals surface area contributed by atoms with Crippen LogP contribution in [0, 0.1) is 0 Å². The van der Waals surface area contributed by atoms with Crippen molar-refractivity contribution >= 4 is 17.6 Å². The number of pyridine rings is 1. The van der Waals surface area contributed by atoms with Crippen LogP contribution >= 0.6 is 11.6 Å². The van der Waals surface area contributed by atoms with Gasteiger partial charge in [0.15, 0.2) is 0 Å². The van der Waals surface area contributed by atoms with Gasteiger partial charge < -0.3 is 14.5 Å². The number of halogens is 1. The van der Waals surface area contributed by atoms with E-state index in [0.717, 1.165) is 80.8 Å². The summed E-state index contributed by atoms with van der Waals surface area (Å²) in [7, 11) is 1.55. The summed E-state index contributed by atoms with van der Waals surface area (Å²) in [6.07, 6.45) is 6.59. The first-order valence-corrected chi connectivity index (χ1v) is 10.4. The van der Waals surface area contributed by atoms with Gasteiger partial charge in [0.2, 0.25) is 5.88 Å². The van der Waals surface area contributed by atoms with Crippen molar-refractivity contribution in [1.82, 2.24) is 24.6 Å². The van der Waals surface area contributed by atoms with Crippen molar-refractivity contribution in [3.63, 3.8) is 0 Å². The van der Waals surface area contributed by atoms with Gasteiger partial charge in [-0.05, 0) is 38.2 Å². The van der Waals surface area contributed by atoms with E-state index in [-0.39, 0.29) is 6.03 Å². The van der Waals surface area contributed by atoms with Crippen LogP contribution in [0.15, 0.2) is 12.3 Å². The lowest BCUT2D eigenvalue weighted by atomic mass is 10.1. The lowest BCUT2D eigenvalue weighted by molar-refractivity contribution is 0.168. The van der Waals surface area contributed by atoms with Crippen LogP contribution < -0.4 is 4.74 Å². The molecule has 0 spiro atoms. The van der Waals surface area contributed by atoms with E-state index in [1.165, 1.54) is 0 Å². The second kappa shape index (κ2) is 7.04. The van der Waals surface area contributed by atoms with Gasteiger partial charge >= 0.3 is 6.03 Å². The molecule has 0 N–H and O–H groups in total. The van der Waals surface area contributed by atoms with Crippen LogP contribution in [0.4, 0.5) is 4.79 Å². The number of nitrogens with zero attached hydrogens (tertiary/aromatic N) is 5. The number of carbonyl (C=O) groups excluding carboxylic acids is 1. The number of hydrogen-bond acceptors (Lipinski definition) is 5. The minimum atomic E-state index is 0.00953. The molecule has 6 rings (SSSR count). The van der Waals surface area contributed by atoms with Crippen LogP contribution in [-0.2, 0) is 12.8 Å². The van der Waals surface area contributed by atoms with Gasteiger partial charge in [-0.1, -0.05) is 11.6 Å². The van der Waals surface area contributed by atoms with E-state index in [2.05, 4.69) is 9.88 Å². The molecule has 4 aliphatic rings. The molecule has 7 nitrogen and oxygen atoms in total. The number of rotatable bonds is 2. The molecule has 0 radical (unpaired) electrons. The van der Waals surface area contributed by atoms with E-state index in [9.17, 15) is 4.79 Å². The molecule has 2 aromatic heterocycles. The number of amides is 1. The second-order valence-electron chi connectivity index (χ2n) is 7.77. The van der Waals surface area contributed by atoms with E-state index in [0.29, 0.717) is 16.9 Å². The molecule has 2 aromatic rings. The van der Waals surface area contributed by atoms with Gasteiger partial charge in [-0.2, -0.15) is 9.78 Å². The third-order valence-electron chi connectivity index (χ3n) is 6.32. The molecule has 8 heteroatoms. The first-order valence-electron chi connectivity index (χ1n) is 10.0. The van der Waals surface area contributed by atoms with Crippen LogP contribution in [0.3, 0.4) is 0 Å². The maximum atomic E-state index is 13.5. The third-order valence-corrected chi connectivity index (χ3v) is 6.68. The van der Waals surface area contributed by atoms with Crippen LogP contribution in [0.2, 0.25) is 5.02 Å². The average molecular weight is 402 g/mol. The number of ether oxygens (including phenoxy) is 1. The van der Waals surface area contributed by atoms with E-state index >= 15 is 0 Å². The topological polar surface area (TPSA) is 63.5 Å². The lowest BCUT2D eigenvalue weighted by Gasteiger charge is -2.31. The molecule has 3 saturated heterocycles. The van der Waals surface area contributed by atoms with Crippen molar-refractivity contribution in [1.29, 1.82) is 0 Å². The Morgan fingerprint density at radius 1 is 1.21 bits per heavy atom. The Kier molecular flexibility index (Phi) is 4.51. The summed E-state index contributed by atoms with van der Waals surface area (Å²) in [4.78, 5) is 22.1. The summed E-state index contributed by atoms with van der Waals surface area (Å²) in [5, 5.41) is 5.21. The quantitative estimate of drug-likeness (QED) is 0.774. The zero-order chi connectivity index (χ0) is 19.3. The van der Waals surface area contributed by atoms with Crippen molar-refractivity contribution in [3.05, 3.63) is 28.5 Å². The minimum Gasteiger partial charge on any atom is -0.480 e. The summed E-state index contributed by atoms with van der Waals surface area (Å²) in [6.45, 7) is 3.90. The Labute approximate surface area is 169 Å². The SMILES string of the molecule is COc1nccc(-c2nn(C(=O)N3CCN4CCC3CC4)c3c2CCC3)c1Cl. The van der Waals surface area contributed by atoms with Gasteiger partial charge in [0.05, 0.1) is 18.5 Å². The second-order valence-corrected chi connectivity index (χ2v) is 8.15. The fraction of sp³-hybridized carbons (Fsp3) is 0.550. The van der Waals surface area contributed by atoms with Crippen molar-refractivity contribution in [3.8, 4) is 17.1 Å². The number of hydrogen-bond donors (Lipinski definition) is 0. The van der Waals surface area contributed by atoms with Crippen molar-refractivity contribution in [2.45, 2.75) is 38.1 Å². The standard InChI is InChI=1S/C20H24ClN5O2/c1-28-19-17(21)15(5-8-22-19)18-14-3-2-4-16(14)26(23-18)20(27)25-12-11-24-9-6-13(25)7-10-24/h5,8,13H,2-4,6-7,9-12H2,1H3. The Hall–Kier alpha value is -2.12. The highest BCUT2D eigenvalue weighted by molar-refractivity contribution is 6.34. The Balaban J connectivity index is 1.55. The monoisotopic (exact) mass is 401 g/mol. The predicted molar refractivity (Wildman–Crippen MR) is 106 cm³/mol. The molecule has 2 bridgehead atoms. The first-order chi connectivity index (χ1) is 13.7. The molecular weight excluding hydrogens is 378 g/mol. The normalized spacial score (nSPS) is 23.6. The van der Waals surface area contributed by atoms with E-state index in [1.807, 2.05) is 11.0 Å². The molecule has 0 unspecified atom stereocenters. The molecule has 3 aliphatic heterocycles. The van der Waals surface area contributed by atoms with E-state index in [1.54, 1.807) is 18.0 Å². The van der Waals surface area contributed by atoms with Crippen LogP contribution in [0.5, 0.6) is 5.88 Å². The van der Waals surface area contributed by atoms with Crippen LogP contribution in [-0.4, -0.2) is 69.9 Å². The number of aromatic nitrogens is 3. The largest absolute Gasteiger partial charge is 0.480 e. The molecular formula is C20H24ClN5O2. The molecule has 5 heterocycles. The molecule has 3 fully saturated rings. The molecule has 0 aromatic carbocycles. The summed E-state index contributed by atoms with van der Waals surface area (Å²) in [6, 6.07) is 2.18. The van der Waals surface area contributed by atoms with Crippen molar-refractivity contribution < 1.29 is 9.53 Å². The predicted octanol–water partition coefficient (Wildman–Crippen LogP) is 2.84. The van der Waals surface area contributed by atoms with E-state index < -0.39 is 0 Å². The Morgan fingerprint density at radius 3 is 2.82 bits per heavy atom. The smallest absolute Gasteiger partial charge is 0.345 e. The zero-order valence-electron chi connectivity index (χ0n) is 16.0. The highest BCUT2D eigenvalue weighted by Crippen LogP contribution is 2.38. The number of carbonyl (C=O) groups is 1. The number of fused-ring (bicyclic) bond motifs is 5. The van der Waals surface area contributed by atoms with Crippen molar-refractivity contribution in [2.75, 3.05) is 33.3 Å². The fourth-order valence-corrected chi connectivity index (χ4v) is 5.10. The van der Waals surface area contributed by atoms with Gasteiger partial charge in [-0.25, -0.2) is 9.78 Å². The highest BCUT2D eigenvalue weighted by atomic mass is 35.5. The third kappa shape index (κ3) is 2.79. The minimum absolute atomic E-state index is 0.00953. The van der Waals surface area contributed by atoms with Crippen LogP contribution in [0.25, 0.3) is 11.3 Å². The van der Waals surface area contributed by atoms with Gasteiger partial charge in [0.1, 0.15) is 5.02 Å². The van der Waals surface area contributed by atoms with Gasteiger partial charge in [-0.15, -0.1) is 0 Å². The molecule has 28 heavy (non-hydrogen) atoms. The molecule has 1 amide bonds. The highest BCUT2D eigenvalue weighted by Gasteiger charge is 2.35. The summed E-state index contributed by atoms with van der Waals surface area (Å²) in [5.41, 5.74) is 3.73. The van der Waals surface area contributed by atoms with Crippen molar-refractivity contribution in [2.24, 2.45) is 0 Å². The Morgan fingerprint density at radius 2 is 2.04 bits per heavy atom. The Bertz CT molecular complexity index is 920. The maximum Gasteiger partial charge on any atom is 0.345 e. The molecule has 0 atom stereocenters. The zero-order valence-corrected chi connectivity index (χ0v) is 16.8. The van der Waals surface area contributed by atoms with Gasteiger partial charge in [0, 0.05) is 49.5 Å². The lowest BCUT2D eigenvalue weighted by Crippen LogP contribution is -2.44. The summed E-state index contributed by atoms with van der Waals surface area (Å²) < 4.78 is 6.91. The summed E-state index contributed by atoms with van der Waals surface area (Å²) >= 11 is 6.52. The summed E-state index contributed by atoms with van der Waals surface area (Å²) in [5.74, 6) is 0.380. The first kappa shape index (κ1) is 17.9. The fourth-order valence-electron chi connectivity index (χ4n) is 4.82. The molecule has 1 aliphatic carbocycles. The van der Waals surface area contributed by atoms with Crippen LogP contribution in [0.1, 0.15) is 30.5 Å². The number of methoxy groups -OCH3 is 1. The van der Waals surface area contributed by atoms with E-state index in [4.69, 9.17) is 21.4 Å². The average Bonchev–Trinajstić information content (AvgIpc) is 3.20. The maximum absolute atomic E-state index is 13.5. The number of piperidine rings is 1. The van der Waals surface area contributed by atoms with Gasteiger partial charge in [0.25, 0.3) is 0 Å².